The van der Waals surface area contributed by atoms with Crippen LogP contribution in [0.3, 0.4) is 0 Å². The summed E-state index contributed by atoms with van der Waals surface area (Å²) in [5.74, 6) is 0.152. The van der Waals surface area contributed by atoms with E-state index in [1.54, 1.807) is 13.0 Å². The fourth-order valence-electron chi connectivity index (χ4n) is 0.902. The minimum Gasteiger partial charge on any atom is -0.480 e. The number of nitrogens with zero attached hydrogens (tertiary/aromatic N) is 1. The van der Waals surface area contributed by atoms with Crippen LogP contribution < -0.4 is 4.74 Å². The van der Waals surface area contributed by atoms with Crippen molar-refractivity contribution in [3.05, 3.63) is 21.4 Å². The Morgan fingerprint density at radius 2 is 2.36 bits per heavy atom. The number of pyridine rings is 1. The van der Waals surface area contributed by atoms with E-state index in [-0.39, 0.29) is 5.97 Å². The van der Waals surface area contributed by atoms with Gasteiger partial charge in [-0.25, -0.2) is 9.78 Å². The molecule has 0 saturated heterocycles. The SMILES string of the molecule is CCOC(=O)c1cnc(OC)c(I)c1. The van der Waals surface area contributed by atoms with Gasteiger partial charge < -0.3 is 9.47 Å². The van der Waals surface area contributed by atoms with Crippen LogP contribution in [-0.2, 0) is 4.74 Å². The fourth-order valence-corrected chi connectivity index (χ4v) is 1.60. The highest BCUT2D eigenvalue weighted by Gasteiger charge is 2.10. The summed E-state index contributed by atoms with van der Waals surface area (Å²) in [7, 11) is 1.54. The first kappa shape index (κ1) is 11.2. The molecule has 0 aliphatic carbocycles. The predicted octanol–water partition coefficient (Wildman–Crippen LogP) is 1.87. The lowest BCUT2D eigenvalue weighted by Gasteiger charge is -2.04. The lowest BCUT2D eigenvalue weighted by atomic mass is 10.3. The molecule has 0 bridgehead atoms. The number of hydrogen-bond acceptors (Lipinski definition) is 4. The molecule has 0 N–H and O–H groups in total. The molecule has 5 heteroatoms. The van der Waals surface area contributed by atoms with Gasteiger partial charge in [0.1, 0.15) is 0 Å². The van der Waals surface area contributed by atoms with E-state index < -0.39 is 0 Å². The van der Waals surface area contributed by atoms with E-state index in [4.69, 9.17) is 9.47 Å². The van der Waals surface area contributed by atoms with Crippen molar-refractivity contribution in [2.45, 2.75) is 6.92 Å². The molecule has 0 spiro atoms. The molecule has 0 saturated carbocycles. The van der Waals surface area contributed by atoms with E-state index in [1.165, 1.54) is 13.3 Å². The molecule has 0 amide bonds. The summed E-state index contributed by atoms with van der Waals surface area (Å²) < 4.78 is 10.6. The van der Waals surface area contributed by atoms with Crippen molar-refractivity contribution in [3.63, 3.8) is 0 Å². The van der Waals surface area contributed by atoms with E-state index >= 15 is 0 Å². The first-order chi connectivity index (χ1) is 6.69. The summed E-state index contributed by atoms with van der Waals surface area (Å²) in [4.78, 5) is 15.3. The zero-order valence-corrected chi connectivity index (χ0v) is 10.1. The molecule has 0 atom stereocenters. The van der Waals surface area contributed by atoms with Crippen LogP contribution in [0.2, 0.25) is 0 Å². The van der Waals surface area contributed by atoms with E-state index in [0.717, 1.165) is 3.57 Å². The molecule has 0 unspecified atom stereocenters. The summed E-state index contributed by atoms with van der Waals surface area (Å²) in [5.41, 5.74) is 0.442. The van der Waals surface area contributed by atoms with Crippen LogP contribution in [0.5, 0.6) is 5.88 Å². The van der Waals surface area contributed by atoms with Gasteiger partial charge in [0.05, 0.1) is 22.9 Å². The zero-order chi connectivity index (χ0) is 10.6. The second kappa shape index (κ2) is 5.14. The minimum absolute atomic E-state index is 0.361. The largest absolute Gasteiger partial charge is 0.480 e. The number of halogens is 1. The lowest BCUT2D eigenvalue weighted by molar-refractivity contribution is 0.0525. The van der Waals surface area contributed by atoms with Gasteiger partial charge in [-0.1, -0.05) is 0 Å². The van der Waals surface area contributed by atoms with Crippen molar-refractivity contribution in [1.29, 1.82) is 0 Å². The van der Waals surface area contributed by atoms with Crippen LogP contribution in [0.1, 0.15) is 17.3 Å². The minimum atomic E-state index is -0.361. The summed E-state index contributed by atoms with van der Waals surface area (Å²) >= 11 is 2.05. The second-order valence-electron chi connectivity index (χ2n) is 2.44. The van der Waals surface area contributed by atoms with Gasteiger partial charge in [0.15, 0.2) is 0 Å². The van der Waals surface area contributed by atoms with Crippen LogP contribution in [-0.4, -0.2) is 24.7 Å². The van der Waals surface area contributed by atoms with E-state index in [9.17, 15) is 4.79 Å². The highest BCUT2D eigenvalue weighted by Crippen LogP contribution is 2.18. The molecule has 1 aromatic heterocycles. The zero-order valence-electron chi connectivity index (χ0n) is 7.91. The van der Waals surface area contributed by atoms with Gasteiger partial charge in [-0.05, 0) is 35.6 Å². The highest BCUT2D eigenvalue weighted by molar-refractivity contribution is 14.1. The molecule has 0 aromatic carbocycles. The topological polar surface area (TPSA) is 48.4 Å². The van der Waals surface area contributed by atoms with Crippen LogP contribution in [0.4, 0.5) is 0 Å². The van der Waals surface area contributed by atoms with Gasteiger partial charge in [0.25, 0.3) is 0 Å². The number of carbonyl (C=O) groups excluding carboxylic acids is 1. The Bertz CT molecular complexity index is 341. The van der Waals surface area contributed by atoms with Gasteiger partial charge in [-0.3, -0.25) is 0 Å². The molecule has 4 nitrogen and oxygen atoms in total. The molecule has 0 aliphatic heterocycles. The first-order valence-corrected chi connectivity index (χ1v) is 5.13. The average Bonchev–Trinajstić information content (AvgIpc) is 2.18. The quantitative estimate of drug-likeness (QED) is 0.632. The summed E-state index contributed by atoms with van der Waals surface area (Å²) in [6.45, 7) is 2.13. The van der Waals surface area contributed by atoms with Crippen LogP contribution >= 0.6 is 22.6 Å². The number of esters is 1. The van der Waals surface area contributed by atoms with Gasteiger partial charge in [0.2, 0.25) is 5.88 Å². The third-order valence-corrected chi connectivity index (χ3v) is 2.28. The average molecular weight is 307 g/mol. The van der Waals surface area contributed by atoms with Gasteiger partial charge in [0, 0.05) is 6.20 Å². The Labute approximate surface area is 95.8 Å². The molecule has 14 heavy (non-hydrogen) atoms. The number of hydrogen-bond donors (Lipinski definition) is 0. The van der Waals surface area contributed by atoms with Crippen molar-refractivity contribution < 1.29 is 14.3 Å². The van der Waals surface area contributed by atoms with Crippen molar-refractivity contribution >= 4 is 28.6 Å². The fraction of sp³-hybridized carbons (Fsp3) is 0.333. The maximum atomic E-state index is 11.3. The monoisotopic (exact) mass is 307 g/mol. The maximum Gasteiger partial charge on any atom is 0.339 e. The van der Waals surface area contributed by atoms with E-state index in [1.807, 2.05) is 0 Å². The first-order valence-electron chi connectivity index (χ1n) is 4.05. The summed E-state index contributed by atoms with van der Waals surface area (Å²) in [5, 5.41) is 0. The Balaban J connectivity index is 2.91. The molecule has 0 radical (unpaired) electrons. The molecule has 0 fully saturated rings. The summed E-state index contributed by atoms with van der Waals surface area (Å²) in [6.07, 6.45) is 1.44. The van der Waals surface area contributed by atoms with Gasteiger partial charge in [-0.2, -0.15) is 0 Å². The number of ether oxygens (including phenoxy) is 2. The van der Waals surface area contributed by atoms with Crippen molar-refractivity contribution in [2.75, 3.05) is 13.7 Å². The Morgan fingerprint density at radius 3 is 2.86 bits per heavy atom. The van der Waals surface area contributed by atoms with Gasteiger partial charge in [-0.15, -0.1) is 0 Å². The second-order valence-corrected chi connectivity index (χ2v) is 3.60. The number of rotatable bonds is 3. The van der Waals surface area contributed by atoms with Gasteiger partial charge >= 0.3 is 5.97 Å². The molecule has 1 rings (SSSR count). The number of methoxy groups -OCH3 is 1. The van der Waals surface area contributed by atoms with Crippen molar-refractivity contribution in [1.82, 2.24) is 4.98 Å². The molecule has 1 aromatic rings. The highest BCUT2D eigenvalue weighted by atomic mass is 127. The maximum absolute atomic E-state index is 11.3. The lowest BCUT2D eigenvalue weighted by Crippen LogP contribution is -2.06. The summed E-state index contributed by atoms with van der Waals surface area (Å²) in [6, 6.07) is 1.68. The number of carbonyl (C=O) groups is 1. The molecule has 0 aliphatic rings. The van der Waals surface area contributed by atoms with E-state index in [0.29, 0.717) is 18.1 Å². The standard InChI is InChI=1S/C9H10INO3/c1-3-14-9(12)6-4-7(10)8(13-2)11-5-6/h4-5H,3H2,1-2H3. The third kappa shape index (κ3) is 2.57. The van der Waals surface area contributed by atoms with Crippen molar-refractivity contribution in [2.24, 2.45) is 0 Å². The Hall–Kier alpha value is -0.850. The van der Waals surface area contributed by atoms with Crippen molar-refractivity contribution in [3.8, 4) is 5.88 Å². The number of aromatic nitrogens is 1. The smallest absolute Gasteiger partial charge is 0.339 e. The Morgan fingerprint density at radius 1 is 1.64 bits per heavy atom. The third-order valence-electron chi connectivity index (χ3n) is 1.51. The molecular formula is C9H10INO3. The molecular weight excluding hydrogens is 297 g/mol. The molecule has 1 heterocycles. The van der Waals surface area contributed by atoms with Crippen LogP contribution in [0.15, 0.2) is 12.3 Å². The predicted molar refractivity (Wildman–Crippen MR) is 59.5 cm³/mol. The normalized spacial score (nSPS) is 9.64. The molecule has 76 valence electrons. The van der Waals surface area contributed by atoms with E-state index in [2.05, 4.69) is 27.6 Å². The van der Waals surface area contributed by atoms with Crippen LogP contribution in [0, 0.1) is 3.57 Å². The van der Waals surface area contributed by atoms with Crippen LogP contribution in [0.25, 0.3) is 0 Å². The Kier molecular flexibility index (Phi) is 4.12.